The van der Waals surface area contributed by atoms with Crippen molar-refractivity contribution in [3.8, 4) is 17.0 Å². The van der Waals surface area contributed by atoms with E-state index in [0.717, 1.165) is 19.3 Å². The maximum absolute atomic E-state index is 13.3. The normalized spacial score (nSPS) is 20.4. The van der Waals surface area contributed by atoms with E-state index < -0.39 is 18.6 Å². The van der Waals surface area contributed by atoms with E-state index in [1.165, 1.54) is 16.9 Å². The SMILES string of the molecule is CCn1nc(C(=O)NC[C@@H]2CC[C@@H](C)C[C@H]2O)c(Cl)c1-c1cnc(NC(C)(C)CC)cc1OC(F)F. The lowest BCUT2D eigenvalue weighted by atomic mass is 9.81. The number of halogens is 3. The zero-order valence-corrected chi connectivity index (χ0v) is 22.2. The third-order valence-electron chi connectivity index (χ3n) is 6.84. The van der Waals surface area contributed by atoms with E-state index >= 15 is 0 Å². The first-order chi connectivity index (χ1) is 17.0. The third-order valence-corrected chi connectivity index (χ3v) is 7.20. The largest absolute Gasteiger partial charge is 0.434 e. The highest BCUT2D eigenvalue weighted by Gasteiger charge is 2.30. The first kappa shape index (κ1) is 28.1. The fourth-order valence-corrected chi connectivity index (χ4v) is 4.67. The molecule has 36 heavy (non-hydrogen) atoms. The number of alkyl halides is 2. The number of nitrogens with zero attached hydrogens (tertiary/aromatic N) is 3. The van der Waals surface area contributed by atoms with Crippen molar-refractivity contribution in [2.45, 2.75) is 85.1 Å². The summed E-state index contributed by atoms with van der Waals surface area (Å²) in [7, 11) is 0. The highest BCUT2D eigenvalue weighted by molar-refractivity contribution is 6.36. The van der Waals surface area contributed by atoms with Gasteiger partial charge < -0.3 is 20.5 Å². The molecular weight excluding hydrogens is 492 g/mol. The molecule has 1 aliphatic rings. The van der Waals surface area contributed by atoms with Crippen molar-refractivity contribution in [1.82, 2.24) is 20.1 Å². The molecule has 0 radical (unpaired) electrons. The maximum Gasteiger partial charge on any atom is 0.387 e. The van der Waals surface area contributed by atoms with E-state index in [1.54, 1.807) is 6.92 Å². The minimum atomic E-state index is -3.07. The molecule has 3 atom stereocenters. The lowest BCUT2D eigenvalue weighted by Gasteiger charge is -2.31. The number of rotatable bonds is 10. The Balaban J connectivity index is 1.90. The zero-order chi connectivity index (χ0) is 26.6. The van der Waals surface area contributed by atoms with Crippen LogP contribution in [0, 0.1) is 11.8 Å². The molecule has 2 aromatic rings. The number of anilines is 1. The van der Waals surface area contributed by atoms with Gasteiger partial charge in [-0.3, -0.25) is 9.48 Å². The second-order valence-corrected chi connectivity index (χ2v) is 10.5. The van der Waals surface area contributed by atoms with Crippen molar-refractivity contribution in [1.29, 1.82) is 0 Å². The minimum Gasteiger partial charge on any atom is -0.434 e. The molecule has 0 aromatic carbocycles. The summed E-state index contributed by atoms with van der Waals surface area (Å²) >= 11 is 6.60. The molecule has 3 N–H and O–H groups in total. The van der Waals surface area contributed by atoms with Crippen LogP contribution in [0.1, 0.15) is 70.8 Å². The highest BCUT2D eigenvalue weighted by Crippen LogP contribution is 2.38. The molecule has 0 unspecified atom stereocenters. The van der Waals surface area contributed by atoms with Gasteiger partial charge in [0.25, 0.3) is 5.91 Å². The molecule has 1 amide bonds. The molecule has 1 aliphatic carbocycles. The average Bonchev–Trinajstić information content (AvgIpc) is 3.14. The molecule has 2 aromatic heterocycles. The number of hydrogen-bond donors (Lipinski definition) is 3. The Morgan fingerprint density at radius 1 is 1.36 bits per heavy atom. The summed E-state index contributed by atoms with van der Waals surface area (Å²) in [5.41, 5.74) is 0.129. The number of hydrogen-bond acceptors (Lipinski definition) is 6. The van der Waals surface area contributed by atoms with E-state index in [2.05, 4.69) is 27.6 Å². The van der Waals surface area contributed by atoms with Gasteiger partial charge in [0, 0.05) is 36.8 Å². The van der Waals surface area contributed by atoms with Crippen molar-refractivity contribution in [3.63, 3.8) is 0 Å². The monoisotopic (exact) mass is 527 g/mol. The Morgan fingerprint density at radius 2 is 2.08 bits per heavy atom. The van der Waals surface area contributed by atoms with Crippen LogP contribution in [0.3, 0.4) is 0 Å². The number of aromatic nitrogens is 3. The van der Waals surface area contributed by atoms with Crippen LogP contribution >= 0.6 is 11.6 Å². The number of pyridine rings is 1. The number of carbonyl (C=O) groups excluding carboxylic acids is 1. The summed E-state index contributed by atoms with van der Waals surface area (Å²) in [5, 5.41) is 20.7. The Morgan fingerprint density at radius 3 is 2.69 bits per heavy atom. The summed E-state index contributed by atoms with van der Waals surface area (Å²) in [6.07, 6.45) is 4.22. The van der Waals surface area contributed by atoms with Crippen molar-refractivity contribution in [2.75, 3.05) is 11.9 Å². The predicted octanol–water partition coefficient (Wildman–Crippen LogP) is 5.35. The van der Waals surface area contributed by atoms with E-state index in [4.69, 9.17) is 16.3 Å². The molecule has 2 heterocycles. The average molecular weight is 528 g/mol. The van der Waals surface area contributed by atoms with Gasteiger partial charge in [-0.15, -0.1) is 0 Å². The molecule has 0 bridgehead atoms. The fraction of sp³-hybridized carbons (Fsp3) is 0.640. The standard InChI is InChI=1S/C25H36ClF2N5O3/c1-6-25(4,5)31-19-11-18(36-24(27)28)16(13-29-19)22-20(26)21(32-33(22)7-2)23(35)30-12-15-9-8-14(3)10-17(15)34/h11,13-15,17,24,34H,6-10,12H2,1-5H3,(H,29,31)(H,30,35)/t14-,15+,17-/m1/s1. The maximum atomic E-state index is 13.3. The van der Waals surface area contributed by atoms with E-state index in [1.807, 2.05) is 20.8 Å². The number of nitrogens with one attached hydrogen (secondary N) is 2. The number of carbonyl (C=O) groups is 1. The smallest absolute Gasteiger partial charge is 0.387 e. The number of aliphatic hydroxyl groups excluding tert-OH is 1. The van der Waals surface area contributed by atoms with Crippen molar-refractivity contribution < 1.29 is 23.4 Å². The molecular formula is C25H36ClF2N5O3. The van der Waals surface area contributed by atoms with Gasteiger partial charge in [-0.05, 0) is 46.0 Å². The Bertz CT molecular complexity index is 1060. The lowest BCUT2D eigenvalue weighted by molar-refractivity contribution is -0.0494. The summed E-state index contributed by atoms with van der Waals surface area (Å²) in [4.78, 5) is 17.3. The van der Waals surface area contributed by atoms with E-state index in [9.17, 15) is 18.7 Å². The summed E-state index contributed by atoms with van der Waals surface area (Å²) in [6.45, 7) is 7.40. The van der Waals surface area contributed by atoms with Gasteiger partial charge in [-0.25, -0.2) is 4.98 Å². The van der Waals surface area contributed by atoms with Gasteiger partial charge in [0.1, 0.15) is 11.6 Å². The number of ether oxygens (including phenoxy) is 1. The van der Waals surface area contributed by atoms with Crippen molar-refractivity contribution >= 4 is 23.3 Å². The first-order valence-corrected chi connectivity index (χ1v) is 12.8. The van der Waals surface area contributed by atoms with E-state index in [-0.39, 0.29) is 39.2 Å². The Kier molecular flexibility index (Phi) is 9.16. The van der Waals surface area contributed by atoms with Crippen LogP contribution in [-0.2, 0) is 6.54 Å². The summed E-state index contributed by atoms with van der Waals surface area (Å²) < 4.78 is 32.9. The van der Waals surface area contributed by atoms with Crippen LogP contribution in [0.15, 0.2) is 12.3 Å². The number of amides is 1. The fourth-order valence-electron chi connectivity index (χ4n) is 4.34. The molecule has 1 fully saturated rings. The van der Waals surface area contributed by atoms with Gasteiger partial charge in [-0.2, -0.15) is 13.9 Å². The van der Waals surface area contributed by atoms with Gasteiger partial charge in [-0.1, -0.05) is 31.9 Å². The van der Waals surface area contributed by atoms with Crippen LogP contribution in [0.25, 0.3) is 11.3 Å². The van der Waals surface area contributed by atoms with Crippen molar-refractivity contribution in [3.05, 3.63) is 23.0 Å². The van der Waals surface area contributed by atoms with E-state index in [0.29, 0.717) is 31.2 Å². The topological polar surface area (TPSA) is 101 Å². The molecule has 8 nitrogen and oxygen atoms in total. The Labute approximate surface area is 215 Å². The van der Waals surface area contributed by atoms with Crippen LogP contribution in [0.5, 0.6) is 5.75 Å². The van der Waals surface area contributed by atoms with Crippen molar-refractivity contribution in [2.24, 2.45) is 11.8 Å². The van der Waals surface area contributed by atoms with Gasteiger partial charge in [0.05, 0.1) is 22.4 Å². The highest BCUT2D eigenvalue weighted by atomic mass is 35.5. The second-order valence-electron chi connectivity index (χ2n) is 10.1. The first-order valence-electron chi connectivity index (χ1n) is 12.4. The summed E-state index contributed by atoms with van der Waals surface area (Å²) in [5.74, 6) is 0.165. The van der Waals surface area contributed by atoms with Crippen LogP contribution in [0.4, 0.5) is 14.6 Å². The molecule has 11 heteroatoms. The van der Waals surface area contributed by atoms with Gasteiger partial charge in [0.15, 0.2) is 5.69 Å². The lowest BCUT2D eigenvalue weighted by Crippen LogP contribution is -2.38. The summed E-state index contributed by atoms with van der Waals surface area (Å²) in [6, 6.07) is 1.40. The third kappa shape index (κ3) is 6.64. The van der Waals surface area contributed by atoms with Crippen LogP contribution in [-0.4, -0.2) is 50.6 Å². The molecule has 0 aliphatic heterocycles. The van der Waals surface area contributed by atoms with Gasteiger partial charge >= 0.3 is 6.61 Å². The molecule has 1 saturated carbocycles. The predicted molar refractivity (Wildman–Crippen MR) is 136 cm³/mol. The zero-order valence-electron chi connectivity index (χ0n) is 21.4. The quantitative estimate of drug-likeness (QED) is 0.385. The molecule has 200 valence electrons. The molecule has 0 saturated heterocycles. The molecule has 0 spiro atoms. The number of aliphatic hydroxyl groups is 1. The van der Waals surface area contributed by atoms with Crippen LogP contribution in [0.2, 0.25) is 5.02 Å². The minimum absolute atomic E-state index is 0.0164. The molecule has 3 rings (SSSR count). The number of aryl methyl sites for hydroxylation is 1. The van der Waals surface area contributed by atoms with Crippen LogP contribution < -0.4 is 15.4 Å². The second kappa shape index (κ2) is 11.7. The Hall–Kier alpha value is -2.46. The van der Waals surface area contributed by atoms with Gasteiger partial charge in [0.2, 0.25) is 0 Å².